The highest BCUT2D eigenvalue weighted by molar-refractivity contribution is 5.88. The van der Waals surface area contributed by atoms with Crippen molar-refractivity contribution in [1.29, 1.82) is 0 Å². The van der Waals surface area contributed by atoms with E-state index >= 15 is 0 Å². The van der Waals surface area contributed by atoms with Crippen LogP contribution < -0.4 is 9.47 Å². The molecule has 0 amide bonds. The van der Waals surface area contributed by atoms with Crippen LogP contribution in [0.2, 0.25) is 0 Å². The standard InChI is InChI=1S/C14H18O5/c1-17-13-9-10(14(15)16)4-5-12(13)19-8-6-11-3-2-7-18-11/h4-5,9,11H,2-3,6-8H2,1H3,(H,15,16). The van der Waals surface area contributed by atoms with E-state index in [-0.39, 0.29) is 11.7 Å². The van der Waals surface area contributed by atoms with Gasteiger partial charge in [-0.3, -0.25) is 0 Å². The maximum absolute atomic E-state index is 10.9. The molecule has 1 aromatic carbocycles. The minimum atomic E-state index is -0.982. The van der Waals surface area contributed by atoms with Gasteiger partial charge < -0.3 is 19.3 Å². The van der Waals surface area contributed by atoms with Crippen LogP contribution in [-0.4, -0.2) is 37.5 Å². The number of rotatable bonds is 6. The molecule has 1 fully saturated rings. The quantitative estimate of drug-likeness (QED) is 0.856. The molecule has 19 heavy (non-hydrogen) atoms. The molecule has 1 saturated heterocycles. The zero-order valence-corrected chi connectivity index (χ0v) is 10.9. The summed E-state index contributed by atoms with van der Waals surface area (Å²) in [7, 11) is 1.49. The summed E-state index contributed by atoms with van der Waals surface area (Å²) in [5, 5.41) is 8.90. The minimum absolute atomic E-state index is 0.184. The van der Waals surface area contributed by atoms with Gasteiger partial charge in [-0.2, -0.15) is 0 Å². The van der Waals surface area contributed by atoms with Gasteiger partial charge in [-0.15, -0.1) is 0 Å². The molecule has 1 heterocycles. The fourth-order valence-corrected chi connectivity index (χ4v) is 2.09. The van der Waals surface area contributed by atoms with Gasteiger partial charge in [0.25, 0.3) is 0 Å². The van der Waals surface area contributed by atoms with Gasteiger partial charge in [-0.25, -0.2) is 4.79 Å². The van der Waals surface area contributed by atoms with Crippen LogP contribution in [0.4, 0.5) is 0 Å². The molecule has 0 radical (unpaired) electrons. The number of carboxylic acids is 1. The molecule has 5 nitrogen and oxygen atoms in total. The average molecular weight is 266 g/mol. The van der Waals surface area contributed by atoms with Gasteiger partial charge in [0.15, 0.2) is 11.5 Å². The molecule has 5 heteroatoms. The fourth-order valence-electron chi connectivity index (χ4n) is 2.09. The van der Waals surface area contributed by atoms with Crippen molar-refractivity contribution in [3.63, 3.8) is 0 Å². The van der Waals surface area contributed by atoms with Crippen molar-refractivity contribution in [1.82, 2.24) is 0 Å². The van der Waals surface area contributed by atoms with E-state index in [1.807, 2.05) is 0 Å². The zero-order valence-electron chi connectivity index (χ0n) is 10.9. The Balaban J connectivity index is 1.93. The van der Waals surface area contributed by atoms with E-state index in [4.69, 9.17) is 19.3 Å². The van der Waals surface area contributed by atoms with Crippen molar-refractivity contribution in [3.05, 3.63) is 23.8 Å². The second kappa shape index (κ2) is 6.43. The summed E-state index contributed by atoms with van der Waals surface area (Å²) in [5.74, 6) is 0.0157. The lowest BCUT2D eigenvalue weighted by molar-refractivity contribution is 0.0696. The van der Waals surface area contributed by atoms with E-state index in [0.29, 0.717) is 18.1 Å². The Morgan fingerprint density at radius 1 is 1.47 bits per heavy atom. The van der Waals surface area contributed by atoms with Crippen LogP contribution in [-0.2, 0) is 4.74 Å². The summed E-state index contributed by atoms with van der Waals surface area (Å²) in [4.78, 5) is 10.9. The third kappa shape index (κ3) is 3.61. The van der Waals surface area contributed by atoms with Gasteiger partial charge in [-0.05, 0) is 31.0 Å². The summed E-state index contributed by atoms with van der Waals surface area (Å²) in [6.07, 6.45) is 3.31. The van der Waals surface area contributed by atoms with Crippen LogP contribution in [0.5, 0.6) is 11.5 Å². The monoisotopic (exact) mass is 266 g/mol. The molecule has 1 unspecified atom stereocenters. The Morgan fingerprint density at radius 2 is 2.32 bits per heavy atom. The minimum Gasteiger partial charge on any atom is -0.493 e. The summed E-state index contributed by atoms with van der Waals surface area (Å²) < 4.78 is 16.3. The van der Waals surface area contributed by atoms with Crippen LogP contribution in [0.15, 0.2) is 18.2 Å². The molecule has 1 aliphatic rings. The first kappa shape index (κ1) is 13.7. The molecular formula is C14H18O5. The van der Waals surface area contributed by atoms with Gasteiger partial charge >= 0.3 is 5.97 Å². The normalized spacial score (nSPS) is 18.3. The topological polar surface area (TPSA) is 65.0 Å². The Kier molecular flexibility index (Phi) is 4.63. The molecule has 0 saturated carbocycles. The second-order valence-electron chi connectivity index (χ2n) is 4.44. The van der Waals surface area contributed by atoms with Crippen LogP contribution in [0.25, 0.3) is 0 Å². The highest BCUT2D eigenvalue weighted by Gasteiger charge is 2.16. The highest BCUT2D eigenvalue weighted by atomic mass is 16.5. The number of carbonyl (C=O) groups is 1. The third-order valence-corrected chi connectivity index (χ3v) is 3.13. The molecule has 104 valence electrons. The maximum atomic E-state index is 10.9. The van der Waals surface area contributed by atoms with Gasteiger partial charge in [0, 0.05) is 13.0 Å². The fraction of sp³-hybridized carbons (Fsp3) is 0.500. The van der Waals surface area contributed by atoms with Gasteiger partial charge in [0.1, 0.15) is 0 Å². The lowest BCUT2D eigenvalue weighted by Gasteiger charge is -2.13. The largest absolute Gasteiger partial charge is 0.493 e. The smallest absolute Gasteiger partial charge is 0.335 e. The third-order valence-electron chi connectivity index (χ3n) is 3.13. The number of hydrogen-bond donors (Lipinski definition) is 1. The molecule has 1 aliphatic heterocycles. The van der Waals surface area contributed by atoms with E-state index in [0.717, 1.165) is 25.9 Å². The van der Waals surface area contributed by atoms with Crippen molar-refractivity contribution < 1.29 is 24.1 Å². The van der Waals surface area contributed by atoms with Crippen molar-refractivity contribution in [2.45, 2.75) is 25.4 Å². The molecule has 0 aliphatic carbocycles. The Bertz CT molecular complexity index is 437. The molecular weight excluding hydrogens is 248 g/mol. The number of ether oxygens (including phenoxy) is 3. The van der Waals surface area contributed by atoms with Crippen LogP contribution in [0.1, 0.15) is 29.6 Å². The average Bonchev–Trinajstić information content (AvgIpc) is 2.92. The lowest BCUT2D eigenvalue weighted by Crippen LogP contribution is -2.11. The van der Waals surface area contributed by atoms with Crippen LogP contribution in [0.3, 0.4) is 0 Å². The van der Waals surface area contributed by atoms with Gasteiger partial charge in [-0.1, -0.05) is 0 Å². The lowest BCUT2D eigenvalue weighted by atomic mass is 10.2. The molecule has 0 aromatic heterocycles. The first-order valence-corrected chi connectivity index (χ1v) is 6.36. The van der Waals surface area contributed by atoms with E-state index < -0.39 is 5.97 Å². The number of methoxy groups -OCH3 is 1. The number of carboxylic acid groups (broad SMARTS) is 1. The summed E-state index contributed by atoms with van der Waals surface area (Å²) in [6, 6.07) is 4.59. The molecule has 0 bridgehead atoms. The van der Waals surface area contributed by atoms with Gasteiger partial charge in [0.05, 0.1) is 25.4 Å². The first-order valence-electron chi connectivity index (χ1n) is 6.36. The van der Waals surface area contributed by atoms with Crippen molar-refractivity contribution >= 4 is 5.97 Å². The zero-order chi connectivity index (χ0) is 13.7. The molecule has 1 N–H and O–H groups in total. The van der Waals surface area contributed by atoms with Crippen molar-refractivity contribution in [2.24, 2.45) is 0 Å². The van der Waals surface area contributed by atoms with E-state index in [2.05, 4.69) is 0 Å². The number of aromatic carboxylic acids is 1. The van der Waals surface area contributed by atoms with E-state index in [1.54, 1.807) is 6.07 Å². The molecule has 2 rings (SSSR count). The summed E-state index contributed by atoms with van der Waals surface area (Å²) in [6.45, 7) is 1.37. The highest BCUT2D eigenvalue weighted by Crippen LogP contribution is 2.28. The van der Waals surface area contributed by atoms with Crippen LogP contribution >= 0.6 is 0 Å². The van der Waals surface area contributed by atoms with Crippen molar-refractivity contribution in [2.75, 3.05) is 20.3 Å². The number of benzene rings is 1. The van der Waals surface area contributed by atoms with Gasteiger partial charge in [0.2, 0.25) is 0 Å². The first-order chi connectivity index (χ1) is 9.20. The van der Waals surface area contributed by atoms with E-state index in [1.165, 1.54) is 19.2 Å². The van der Waals surface area contributed by atoms with Crippen LogP contribution in [0, 0.1) is 0 Å². The second-order valence-corrected chi connectivity index (χ2v) is 4.44. The SMILES string of the molecule is COc1cc(C(=O)O)ccc1OCCC1CCCO1. The summed E-state index contributed by atoms with van der Waals surface area (Å²) >= 11 is 0. The maximum Gasteiger partial charge on any atom is 0.335 e. The predicted octanol–water partition coefficient (Wildman–Crippen LogP) is 2.34. The summed E-state index contributed by atoms with van der Waals surface area (Å²) in [5.41, 5.74) is 0.184. The Hall–Kier alpha value is -1.75. The molecule has 1 aromatic rings. The van der Waals surface area contributed by atoms with E-state index in [9.17, 15) is 4.79 Å². The van der Waals surface area contributed by atoms with Crippen molar-refractivity contribution in [3.8, 4) is 11.5 Å². The molecule has 1 atom stereocenters. The Labute approximate surface area is 112 Å². The predicted molar refractivity (Wildman–Crippen MR) is 69.0 cm³/mol. The molecule has 0 spiro atoms. The Morgan fingerprint density at radius 3 is 2.95 bits per heavy atom. The number of hydrogen-bond acceptors (Lipinski definition) is 4.